The van der Waals surface area contributed by atoms with Crippen LogP contribution in [0.2, 0.25) is 0 Å². The van der Waals surface area contributed by atoms with Gasteiger partial charge >= 0.3 is 0 Å². The molecule has 10 heavy (non-hydrogen) atoms. The highest BCUT2D eigenvalue weighted by Gasteiger charge is 2.20. The Bertz CT molecular complexity index is 205. The quantitative estimate of drug-likeness (QED) is 0.596. The molecule has 0 aromatic heterocycles. The minimum Gasteiger partial charge on any atom is -0.388 e. The molecule has 3 nitrogen and oxygen atoms in total. The van der Waals surface area contributed by atoms with Crippen LogP contribution in [0.3, 0.4) is 0 Å². The second-order valence-corrected chi connectivity index (χ2v) is 4.66. The van der Waals surface area contributed by atoms with E-state index in [0.29, 0.717) is 0 Å². The molecule has 60 valence electrons. The molecule has 0 amide bonds. The van der Waals surface area contributed by atoms with Crippen LogP contribution in [-0.4, -0.2) is 31.1 Å². The molecule has 0 aromatic rings. The van der Waals surface area contributed by atoms with Crippen molar-refractivity contribution in [1.82, 2.24) is 0 Å². The van der Waals surface area contributed by atoms with Crippen LogP contribution in [0.15, 0.2) is 12.7 Å². The van der Waals surface area contributed by atoms with Gasteiger partial charge in [-0.15, -0.1) is 6.58 Å². The van der Waals surface area contributed by atoms with Crippen molar-refractivity contribution < 1.29 is 13.5 Å². The lowest BCUT2D eigenvalue weighted by molar-refractivity contribution is 0.221. The van der Waals surface area contributed by atoms with Crippen molar-refractivity contribution >= 4 is 9.84 Å². The Kier molecular flexibility index (Phi) is 3.05. The van der Waals surface area contributed by atoms with E-state index in [4.69, 9.17) is 5.11 Å². The minimum atomic E-state index is -3.14. The summed E-state index contributed by atoms with van der Waals surface area (Å²) in [7, 11) is -3.14. The van der Waals surface area contributed by atoms with E-state index in [-0.39, 0.29) is 0 Å². The van der Waals surface area contributed by atoms with Crippen molar-refractivity contribution in [3.63, 3.8) is 0 Å². The van der Waals surface area contributed by atoms with Gasteiger partial charge < -0.3 is 5.11 Å². The third-order valence-electron chi connectivity index (χ3n) is 1.40. The summed E-state index contributed by atoms with van der Waals surface area (Å²) in [5.41, 5.74) is 0. The van der Waals surface area contributed by atoms with Crippen molar-refractivity contribution in [3.05, 3.63) is 12.7 Å². The molecule has 0 aliphatic carbocycles. The van der Waals surface area contributed by atoms with Crippen LogP contribution in [0.4, 0.5) is 0 Å². The molecule has 1 N–H and O–H groups in total. The predicted molar refractivity (Wildman–Crippen MR) is 40.5 cm³/mol. The molecular weight excluding hydrogens is 152 g/mol. The molecule has 0 fully saturated rings. The van der Waals surface area contributed by atoms with Crippen LogP contribution >= 0.6 is 0 Å². The highest BCUT2D eigenvalue weighted by Crippen LogP contribution is 2.04. The molecule has 0 saturated carbocycles. The molecule has 0 radical (unpaired) electrons. The zero-order chi connectivity index (χ0) is 8.36. The topological polar surface area (TPSA) is 54.4 Å². The Balaban J connectivity index is 4.37. The van der Waals surface area contributed by atoms with Crippen LogP contribution in [0.25, 0.3) is 0 Å². The smallest absolute Gasteiger partial charge is 0.152 e. The van der Waals surface area contributed by atoms with Gasteiger partial charge in [0.2, 0.25) is 0 Å². The first-order valence-electron chi connectivity index (χ1n) is 2.89. The van der Waals surface area contributed by atoms with E-state index in [1.54, 1.807) is 0 Å². The lowest BCUT2D eigenvalue weighted by atomic mass is 10.3. The lowest BCUT2D eigenvalue weighted by Crippen LogP contribution is -2.28. The number of aliphatic hydroxyl groups is 1. The number of hydrogen-bond acceptors (Lipinski definition) is 3. The summed E-state index contributed by atoms with van der Waals surface area (Å²) < 4.78 is 21.4. The van der Waals surface area contributed by atoms with Crippen molar-refractivity contribution in [1.29, 1.82) is 0 Å². The monoisotopic (exact) mass is 164 g/mol. The molecule has 0 aromatic carbocycles. The molecule has 2 atom stereocenters. The van der Waals surface area contributed by atoms with Gasteiger partial charge in [-0.25, -0.2) is 8.42 Å². The Morgan fingerprint density at radius 2 is 2.00 bits per heavy atom. The minimum absolute atomic E-state index is 0.759. The SMILES string of the molecule is C=CC(O)C(C)S(C)(=O)=O. The Labute approximate surface area is 61.3 Å². The predicted octanol–water partition coefficient (Wildman–Crippen LogP) is -0.0336. The van der Waals surface area contributed by atoms with Crippen molar-refractivity contribution in [3.8, 4) is 0 Å². The summed E-state index contributed by atoms with van der Waals surface area (Å²) in [4.78, 5) is 0. The summed E-state index contributed by atoms with van der Waals surface area (Å²) in [5.74, 6) is 0. The van der Waals surface area contributed by atoms with Gasteiger partial charge in [0.25, 0.3) is 0 Å². The molecule has 0 spiro atoms. The van der Waals surface area contributed by atoms with Gasteiger partial charge in [-0.3, -0.25) is 0 Å². The number of rotatable bonds is 3. The van der Waals surface area contributed by atoms with Crippen LogP contribution in [-0.2, 0) is 9.84 Å². The molecule has 4 heteroatoms. The third-order valence-corrected chi connectivity index (χ3v) is 3.03. The average Bonchev–Trinajstić information content (AvgIpc) is 1.83. The molecule has 0 rings (SSSR count). The normalized spacial score (nSPS) is 17.9. The van der Waals surface area contributed by atoms with Crippen LogP contribution in [0.5, 0.6) is 0 Å². The fraction of sp³-hybridized carbons (Fsp3) is 0.667. The zero-order valence-electron chi connectivity index (χ0n) is 6.11. The van der Waals surface area contributed by atoms with Gasteiger partial charge in [0.05, 0.1) is 11.4 Å². The van der Waals surface area contributed by atoms with E-state index >= 15 is 0 Å². The first-order valence-corrected chi connectivity index (χ1v) is 4.84. The van der Waals surface area contributed by atoms with Gasteiger partial charge in [-0.1, -0.05) is 6.08 Å². The van der Waals surface area contributed by atoms with Crippen molar-refractivity contribution in [2.45, 2.75) is 18.3 Å². The summed E-state index contributed by atoms with van der Waals surface area (Å²) in [6, 6.07) is 0. The van der Waals surface area contributed by atoms with E-state index in [0.717, 1.165) is 6.26 Å². The first kappa shape index (κ1) is 9.65. The summed E-state index contributed by atoms with van der Waals surface area (Å²) in [6.07, 6.45) is 1.34. The van der Waals surface area contributed by atoms with E-state index in [9.17, 15) is 8.42 Å². The van der Waals surface area contributed by atoms with Gasteiger partial charge in [0.1, 0.15) is 0 Å². The van der Waals surface area contributed by atoms with E-state index in [1.165, 1.54) is 13.0 Å². The maximum Gasteiger partial charge on any atom is 0.152 e. The molecule has 2 unspecified atom stereocenters. The zero-order valence-corrected chi connectivity index (χ0v) is 6.93. The lowest BCUT2D eigenvalue weighted by Gasteiger charge is -2.11. The summed E-state index contributed by atoms with van der Waals surface area (Å²) in [5, 5.41) is 8.21. The average molecular weight is 164 g/mol. The summed E-state index contributed by atoms with van der Waals surface area (Å²) >= 11 is 0. The van der Waals surface area contributed by atoms with Crippen LogP contribution < -0.4 is 0 Å². The highest BCUT2D eigenvalue weighted by molar-refractivity contribution is 7.91. The van der Waals surface area contributed by atoms with E-state index in [2.05, 4.69) is 6.58 Å². The Morgan fingerprint density at radius 3 is 2.10 bits per heavy atom. The van der Waals surface area contributed by atoms with E-state index < -0.39 is 21.2 Å². The van der Waals surface area contributed by atoms with Crippen LogP contribution in [0.1, 0.15) is 6.92 Å². The molecule has 0 aliphatic rings. The first-order chi connectivity index (χ1) is 4.39. The highest BCUT2D eigenvalue weighted by atomic mass is 32.2. The second kappa shape index (κ2) is 3.16. The largest absolute Gasteiger partial charge is 0.388 e. The molecule has 0 aliphatic heterocycles. The van der Waals surface area contributed by atoms with Gasteiger partial charge in [-0.05, 0) is 6.92 Å². The summed E-state index contributed by atoms with van der Waals surface area (Å²) in [6.45, 7) is 4.73. The fourth-order valence-corrected chi connectivity index (χ4v) is 1.06. The van der Waals surface area contributed by atoms with E-state index in [1.807, 2.05) is 0 Å². The number of aliphatic hydroxyl groups excluding tert-OH is 1. The standard InChI is InChI=1S/C6H12O3S/c1-4-6(7)5(2)10(3,8)9/h4-7H,1H2,2-3H3. The maximum absolute atomic E-state index is 10.7. The third kappa shape index (κ3) is 2.49. The Morgan fingerprint density at radius 1 is 1.60 bits per heavy atom. The molecule has 0 heterocycles. The van der Waals surface area contributed by atoms with Crippen LogP contribution in [0, 0.1) is 0 Å². The molecule has 0 saturated heterocycles. The molecule has 0 bridgehead atoms. The van der Waals surface area contributed by atoms with Gasteiger partial charge in [0, 0.05) is 6.26 Å². The Hall–Kier alpha value is -0.350. The van der Waals surface area contributed by atoms with Crippen molar-refractivity contribution in [2.24, 2.45) is 0 Å². The fourth-order valence-electron chi connectivity index (χ4n) is 0.445. The number of hydrogen-bond donors (Lipinski definition) is 1. The van der Waals surface area contributed by atoms with Gasteiger partial charge in [-0.2, -0.15) is 0 Å². The second-order valence-electron chi connectivity index (χ2n) is 2.26. The molecular formula is C6H12O3S. The van der Waals surface area contributed by atoms with Crippen molar-refractivity contribution in [2.75, 3.05) is 6.26 Å². The maximum atomic E-state index is 10.7. The number of sulfone groups is 1. The van der Waals surface area contributed by atoms with Gasteiger partial charge in [0.15, 0.2) is 9.84 Å².